The van der Waals surface area contributed by atoms with E-state index in [1.807, 2.05) is 30.3 Å². The largest absolute Gasteiger partial charge is 0.467 e. The molecule has 2 atom stereocenters. The van der Waals surface area contributed by atoms with E-state index in [4.69, 9.17) is 9.47 Å². The first-order chi connectivity index (χ1) is 13.1. The van der Waals surface area contributed by atoms with Crippen LogP contribution in [0.4, 0.5) is 4.79 Å². The number of amides is 2. The van der Waals surface area contributed by atoms with E-state index in [1.54, 1.807) is 0 Å². The zero-order valence-electron chi connectivity index (χ0n) is 15.6. The fraction of sp³-hybridized carbons (Fsp3) is 0.550. The van der Waals surface area contributed by atoms with Crippen LogP contribution in [0.2, 0.25) is 0 Å². The second-order valence-electron chi connectivity index (χ2n) is 7.16. The average Bonchev–Trinajstić information content (AvgIpc) is 3.37. The van der Waals surface area contributed by atoms with E-state index in [2.05, 4.69) is 5.32 Å². The lowest BCUT2D eigenvalue weighted by molar-refractivity contribution is -0.145. The van der Waals surface area contributed by atoms with Crippen molar-refractivity contribution in [2.45, 2.75) is 50.8 Å². The Bertz CT molecular complexity index is 674. The van der Waals surface area contributed by atoms with Crippen LogP contribution < -0.4 is 5.32 Å². The third-order valence-electron chi connectivity index (χ3n) is 5.06. The minimum atomic E-state index is -0.655. The molecule has 3 rings (SSSR count). The molecule has 146 valence electrons. The molecule has 1 N–H and O–H groups in total. The Kier molecular flexibility index (Phi) is 6.32. The Hall–Kier alpha value is -2.57. The Balaban J connectivity index is 1.56. The highest BCUT2D eigenvalue weighted by molar-refractivity contribution is 5.90. The third kappa shape index (κ3) is 5.21. The summed E-state index contributed by atoms with van der Waals surface area (Å²) in [4.78, 5) is 38.5. The molecule has 1 saturated heterocycles. The van der Waals surface area contributed by atoms with Gasteiger partial charge in [0.25, 0.3) is 0 Å². The summed E-state index contributed by atoms with van der Waals surface area (Å²) in [5.74, 6) is -0.295. The van der Waals surface area contributed by atoms with Gasteiger partial charge in [-0.25, -0.2) is 9.59 Å². The van der Waals surface area contributed by atoms with Gasteiger partial charge in [0.05, 0.1) is 7.11 Å². The zero-order chi connectivity index (χ0) is 19.2. The van der Waals surface area contributed by atoms with Gasteiger partial charge in [0.15, 0.2) is 0 Å². The maximum atomic E-state index is 12.7. The molecule has 7 nitrogen and oxygen atoms in total. The Morgan fingerprint density at radius 1 is 1.19 bits per heavy atom. The zero-order valence-corrected chi connectivity index (χ0v) is 15.6. The van der Waals surface area contributed by atoms with E-state index < -0.39 is 24.1 Å². The van der Waals surface area contributed by atoms with Crippen LogP contribution in [0.1, 0.15) is 37.7 Å². The molecule has 1 aromatic carbocycles. The number of hydrogen-bond donors (Lipinski definition) is 1. The number of ether oxygens (including phenoxy) is 2. The fourth-order valence-electron chi connectivity index (χ4n) is 3.37. The van der Waals surface area contributed by atoms with Gasteiger partial charge in [-0.05, 0) is 30.7 Å². The van der Waals surface area contributed by atoms with Crippen molar-refractivity contribution in [3.63, 3.8) is 0 Å². The number of carbonyl (C=O) groups is 3. The van der Waals surface area contributed by atoms with E-state index in [0.29, 0.717) is 25.3 Å². The number of nitrogens with zero attached hydrogens (tertiary/aromatic N) is 1. The predicted octanol–water partition coefficient (Wildman–Crippen LogP) is 2.25. The SMILES string of the molecule is COC(=O)[C@H](CC1CC1)NC(=O)[C@H]1CCCN1C(=O)OCc1ccccc1. The molecular weight excluding hydrogens is 348 g/mol. The smallest absolute Gasteiger partial charge is 0.410 e. The van der Waals surface area contributed by atoms with Gasteiger partial charge in [0.1, 0.15) is 18.7 Å². The number of likely N-dealkylation sites (tertiary alicyclic amines) is 1. The van der Waals surface area contributed by atoms with Crippen molar-refractivity contribution in [1.29, 1.82) is 0 Å². The molecule has 2 amide bonds. The van der Waals surface area contributed by atoms with E-state index in [9.17, 15) is 14.4 Å². The summed E-state index contributed by atoms with van der Waals surface area (Å²) in [5, 5.41) is 2.78. The van der Waals surface area contributed by atoms with E-state index in [1.165, 1.54) is 12.0 Å². The maximum absolute atomic E-state index is 12.7. The van der Waals surface area contributed by atoms with Gasteiger partial charge in [0.2, 0.25) is 5.91 Å². The van der Waals surface area contributed by atoms with Gasteiger partial charge in [-0.2, -0.15) is 0 Å². The third-order valence-corrected chi connectivity index (χ3v) is 5.06. The second kappa shape index (κ2) is 8.88. The molecule has 1 aliphatic carbocycles. The summed E-state index contributed by atoms with van der Waals surface area (Å²) >= 11 is 0. The molecule has 0 aromatic heterocycles. The fourth-order valence-corrected chi connectivity index (χ4v) is 3.37. The van der Waals surface area contributed by atoms with Crippen molar-refractivity contribution in [2.75, 3.05) is 13.7 Å². The number of nitrogens with one attached hydrogen (secondary N) is 1. The molecule has 0 bridgehead atoms. The normalized spacial score (nSPS) is 20.0. The lowest BCUT2D eigenvalue weighted by Gasteiger charge is -2.25. The summed E-state index contributed by atoms with van der Waals surface area (Å²) in [6, 6.07) is 8.13. The van der Waals surface area contributed by atoms with Gasteiger partial charge in [-0.3, -0.25) is 9.69 Å². The first-order valence-corrected chi connectivity index (χ1v) is 9.44. The quantitative estimate of drug-likeness (QED) is 0.740. The highest BCUT2D eigenvalue weighted by atomic mass is 16.6. The predicted molar refractivity (Wildman–Crippen MR) is 97.6 cm³/mol. The molecular formula is C20H26N2O5. The van der Waals surface area contributed by atoms with Crippen LogP contribution >= 0.6 is 0 Å². The van der Waals surface area contributed by atoms with E-state index in [-0.39, 0.29) is 12.5 Å². The number of benzene rings is 1. The van der Waals surface area contributed by atoms with E-state index in [0.717, 1.165) is 24.8 Å². The van der Waals surface area contributed by atoms with Crippen LogP contribution in [-0.2, 0) is 25.7 Å². The molecule has 2 aliphatic rings. The summed E-state index contributed by atoms with van der Waals surface area (Å²) in [7, 11) is 1.32. The Labute approximate surface area is 159 Å². The van der Waals surface area contributed by atoms with Gasteiger partial charge < -0.3 is 14.8 Å². The highest BCUT2D eigenvalue weighted by Crippen LogP contribution is 2.33. The van der Waals surface area contributed by atoms with E-state index >= 15 is 0 Å². The molecule has 0 unspecified atom stereocenters. The van der Waals surface area contributed by atoms with Crippen molar-refractivity contribution in [2.24, 2.45) is 5.92 Å². The van der Waals surface area contributed by atoms with Crippen molar-refractivity contribution >= 4 is 18.0 Å². The molecule has 1 saturated carbocycles. The first-order valence-electron chi connectivity index (χ1n) is 9.44. The maximum Gasteiger partial charge on any atom is 0.410 e. The van der Waals surface area contributed by atoms with Gasteiger partial charge in [-0.15, -0.1) is 0 Å². The van der Waals surface area contributed by atoms with Crippen LogP contribution in [-0.4, -0.2) is 48.6 Å². The number of esters is 1. The number of rotatable bonds is 7. The second-order valence-corrected chi connectivity index (χ2v) is 7.16. The van der Waals surface area contributed by atoms with Crippen LogP contribution in [0.25, 0.3) is 0 Å². The summed E-state index contributed by atoms with van der Waals surface area (Å²) < 4.78 is 10.2. The first kappa shape index (κ1) is 19.2. The standard InChI is InChI=1S/C20H26N2O5/c1-26-19(24)16(12-14-9-10-14)21-18(23)17-8-5-11-22(17)20(25)27-13-15-6-3-2-4-7-15/h2-4,6-7,14,16-17H,5,8-13H2,1H3,(H,21,23)/t16-,17+/m0/s1. The average molecular weight is 374 g/mol. The molecule has 2 fully saturated rings. The molecule has 0 radical (unpaired) electrons. The number of methoxy groups -OCH3 is 1. The van der Waals surface area contributed by atoms with Gasteiger partial charge in [0, 0.05) is 6.54 Å². The van der Waals surface area contributed by atoms with Crippen molar-refractivity contribution < 1.29 is 23.9 Å². The minimum Gasteiger partial charge on any atom is -0.467 e. The van der Waals surface area contributed by atoms with Crippen LogP contribution in [0, 0.1) is 5.92 Å². The highest BCUT2D eigenvalue weighted by Gasteiger charge is 2.38. The monoisotopic (exact) mass is 374 g/mol. The Morgan fingerprint density at radius 3 is 2.59 bits per heavy atom. The lowest BCUT2D eigenvalue weighted by Crippen LogP contribution is -2.51. The molecule has 7 heteroatoms. The summed E-state index contributed by atoms with van der Waals surface area (Å²) in [6.07, 6.45) is 3.51. The van der Waals surface area contributed by atoms with Crippen molar-refractivity contribution in [1.82, 2.24) is 10.2 Å². The molecule has 1 aliphatic heterocycles. The van der Waals surface area contributed by atoms with Crippen LogP contribution in [0.5, 0.6) is 0 Å². The van der Waals surface area contributed by atoms with Crippen LogP contribution in [0.3, 0.4) is 0 Å². The molecule has 1 aromatic rings. The number of carbonyl (C=O) groups excluding carboxylic acids is 3. The topological polar surface area (TPSA) is 84.9 Å². The molecule has 1 heterocycles. The summed E-state index contributed by atoms with van der Waals surface area (Å²) in [6.45, 7) is 0.633. The van der Waals surface area contributed by atoms with Crippen LogP contribution in [0.15, 0.2) is 30.3 Å². The van der Waals surface area contributed by atoms with Crippen molar-refractivity contribution in [3.05, 3.63) is 35.9 Å². The molecule has 27 heavy (non-hydrogen) atoms. The number of hydrogen-bond acceptors (Lipinski definition) is 5. The van der Waals surface area contributed by atoms with Gasteiger partial charge in [-0.1, -0.05) is 43.2 Å². The lowest BCUT2D eigenvalue weighted by atomic mass is 10.1. The Morgan fingerprint density at radius 2 is 1.93 bits per heavy atom. The van der Waals surface area contributed by atoms with Gasteiger partial charge >= 0.3 is 12.1 Å². The molecule has 0 spiro atoms. The van der Waals surface area contributed by atoms with Crippen molar-refractivity contribution in [3.8, 4) is 0 Å². The minimum absolute atomic E-state index is 0.164. The summed E-state index contributed by atoms with van der Waals surface area (Å²) in [5.41, 5.74) is 0.890.